The maximum absolute atomic E-state index is 14.5. The number of barbiturate groups is 1. The number of nitrogens with one attached hydrogen (secondary N) is 2. The molecule has 1 saturated heterocycles. The summed E-state index contributed by atoms with van der Waals surface area (Å²) >= 11 is 12.4. The number of urea groups is 1. The van der Waals surface area contributed by atoms with Crippen LogP contribution in [0.3, 0.4) is 0 Å². The average Bonchev–Trinajstić information content (AvgIpc) is 3.47. The van der Waals surface area contributed by atoms with E-state index in [1.165, 1.54) is 0 Å². The Bertz CT molecular complexity index is 1920. The first kappa shape index (κ1) is 27.8. The van der Waals surface area contributed by atoms with Crippen LogP contribution in [0.5, 0.6) is 0 Å². The van der Waals surface area contributed by atoms with Crippen LogP contribution < -0.4 is 10.6 Å². The predicted octanol–water partition coefficient (Wildman–Crippen LogP) is 7.47. The smallest absolute Gasteiger partial charge is 0.328 e. The summed E-state index contributed by atoms with van der Waals surface area (Å²) in [6.45, 7) is 0. The van der Waals surface area contributed by atoms with Crippen molar-refractivity contribution < 1.29 is 18.9 Å². The number of halogens is 2. The van der Waals surface area contributed by atoms with Crippen LogP contribution in [-0.2, 0) is 9.59 Å². The summed E-state index contributed by atoms with van der Waals surface area (Å²) in [5, 5.41) is 10.6. The molecule has 5 aromatic rings. The largest absolute Gasteiger partial charge is 0.355 e. The van der Waals surface area contributed by atoms with E-state index in [1.54, 1.807) is 36.4 Å². The van der Waals surface area contributed by atoms with Crippen molar-refractivity contribution in [2.24, 2.45) is 5.41 Å². The summed E-state index contributed by atoms with van der Waals surface area (Å²) in [6.07, 6.45) is 1.89. The summed E-state index contributed by atoms with van der Waals surface area (Å²) in [4.78, 5) is 41.6. The second-order valence-electron chi connectivity index (χ2n) is 10.7. The average molecular weight is 620 g/mol. The maximum atomic E-state index is 14.5. The zero-order valence-electron chi connectivity index (χ0n) is 23.0. The molecule has 1 spiro atoms. The number of imide groups is 2. The Labute approximate surface area is 262 Å². The third kappa shape index (κ3) is 4.44. The van der Waals surface area contributed by atoms with Crippen LogP contribution in [0.4, 0.5) is 4.79 Å². The summed E-state index contributed by atoms with van der Waals surface area (Å²) < 4.78 is 6.11. The first-order valence-electron chi connectivity index (χ1n) is 13.9. The molecule has 1 aliphatic heterocycles. The topological polar surface area (TPSA) is 101 Å². The van der Waals surface area contributed by atoms with Gasteiger partial charge < -0.3 is 4.52 Å². The molecule has 2 unspecified atom stereocenters. The quantitative estimate of drug-likeness (QED) is 0.203. The van der Waals surface area contributed by atoms with Gasteiger partial charge in [-0.2, -0.15) is 0 Å². The first-order valence-corrected chi connectivity index (χ1v) is 14.6. The van der Waals surface area contributed by atoms with E-state index in [0.717, 1.165) is 5.56 Å². The number of fused-ring (bicyclic) bond motifs is 1. The van der Waals surface area contributed by atoms with Crippen molar-refractivity contribution in [3.05, 3.63) is 147 Å². The Morgan fingerprint density at radius 1 is 0.682 bits per heavy atom. The number of allylic oxidation sites excluding steroid dienone is 1. The van der Waals surface area contributed by atoms with Crippen molar-refractivity contribution in [2.75, 3.05) is 0 Å². The molecule has 2 aliphatic rings. The van der Waals surface area contributed by atoms with E-state index >= 15 is 0 Å². The molecule has 4 amide bonds. The standard InChI is InChI=1S/C35H23Cl2N3O4/c36-24-15-11-20(12-16-24)19-26-28(21-7-3-1-4-8-21)35(32(41)38-34(43)39-33(35)42)29(22-9-5-2-6-10-22)27-30(26)40-44-31(27)23-13-17-25(37)18-14-23/h1-19,28-29H,(H2,38,39,41,42,43)/b26-19-. The van der Waals surface area contributed by atoms with Crippen molar-refractivity contribution in [1.82, 2.24) is 15.8 Å². The number of hydrogen-bond acceptors (Lipinski definition) is 5. The summed E-state index contributed by atoms with van der Waals surface area (Å²) in [6, 6.07) is 32.0. The molecule has 9 heteroatoms. The van der Waals surface area contributed by atoms with E-state index in [1.807, 2.05) is 78.9 Å². The Kier molecular flexibility index (Phi) is 6.92. The lowest BCUT2D eigenvalue weighted by molar-refractivity contribution is -0.146. The van der Waals surface area contributed by atoms with Gasteiger partial charge in [0.15, 0.2) is 11.2 Å². The molecule has 216 valence electrons. The van der Waals surface area contributed by atoms with Crippen molar-refractivity contribution in [1.29, 1.82) is 0 Å². The highest BCUT2D eigenvalue weighted by Crippen LogP contribution is 2.63. The summed E-state index contributed by atoms with van der Waals surface area (Å²) in [5.41, 5.74) is 2.55. The fourth-order valence-corrected chi connectivity index (χ4v) is 6.74. The Hall–Kier alpha value is -4.98. The molecule has 7 nitrogen and oxygen atoms in total. The van der Waals surface area contributed by atoms with Crippen LogP contribution >= 0.6 is 23.2 Å². The van der Waals surface area contributed by atoms with E-state index < -0.39 is 35.1 Å². The Balaban J connectivity index is 1.64. The normalized spacial score (nSPS) is 19.9. The molecule has 0 radical (unpaired) electrons. The van der Waals surface area contributed by atoms with Crippen molar-refractivity contribution in [3.8, 4) is 11.3 Å². The van der Waals surface area contributed by atoms with Crippen LogP contribution in [0.15, 0.2) is 114 Å². The second kappa shape index (κ2) is 10.9. The minimum absolute atomic E-state index is 0.385. The van der Waals surface area contributed by atoms with E-state index in [2.05, 4.69) is 15.8 Å². The number of aromatic nitrogens is 1. The summed E-state index contributed by atoms with van der Waals surface area (Å²) in [5.74, 6) is -2.84. The van der Waals surface area contributed by atoms with Gasteiger partial charge in [-0.15, -0.1) is 0 Å². The molecule has 0 bridgehead atoms. The van der Waals surface area contributed by atoms with E-state index in [9.17, 15) is 14.4 Å². The highest BCUT2D eigenvalue weighted by Gasteiger charge is 2.66. The van der Waals surface area contributed by atoms with Crippen molar-refractivity contribution >= 4 is 52.7 Å². The van der Waals surface area contributed by atoms with Crippen LogP contribution in [0.1, 0.15) is 39.8 Å². The monoisotopic (exact) mass is 619 g/mol. The van der Waals surface area contributed by atoms with E-state index in [-0.39, 0.29) is 0 Å². The number of nitrogens with zero attached hydrogens (tertiary/aromatic N) is 1. The maximum Gasteiger partial charge on any atom is 0.328 e. The van der Waals surface area contributed by atoms with E-state index in [4.69, 9.17) is 27.7 Å². The molecule has 1 fully saturated rings. The highest BCUT2D eigenvalue weighted by atomic mass is 35.5. The highest BCUT2D eigenvalue weighted by molar-refractivity contribution is 6.31. The Morgan fingerprint density at radius 2 is 1.20 bits per heavy atom. The van der Waals surface area contributed by atoms with Crippen molar-refractivity contribution in [2.45, 2.75) is 11.8 Å². The molecule has 4 aromatic carbocycles. The number of benzene rings is 4. The lowest BCUT2D eigenvalue weighted by atomic mass is 9.52. The van der Waals surface area contributed by atoms with Gasteiger partial charge in [0.25, 0.3) is 0 Å². The molecule has 1 aromatic heterocycles. The zero-order chi connectivity index (χ0) is 30.4. The van der Waals surface area contributed by atoms with Crippen LogP contribution in [0.2, 0.25) is 10.0 Å². The number of carbonyl (C=O) groups excluding carboxylic acids is 3. The SMILES string of the molecule is O=C1NC(=O)C2(C(=O)N1)C(c1ccccc1)/C(=C/c1ccc(Cl)cc1)c1noc(-c3ccc(Cl)cc3)c1C2c1ccccc1. The van der Waals surface area contributed by atoms with Gasteiger partial charge >= 0.3 is 6.03 Å². The van der Waals surface area contributed by atoms with Crippen LogP contribution in [0, 0.1) is 5.41 Å². The molecule has 0 saturated carbocycles. The predicted molar refractivity (Wildman–Crippen MR) is 168 cm³/mol. The van der Waals surface area contributed by atoms with Gasteiger partial charge in [-0.05, 0) is 64.7 Å². The minimum atomic E-state index is -1.87. The second-order valence-corrected chi connectivity index (χ2v) is 11.6. The lowest BCUT2D eigenvalue weighted by Gasteiger charge is -2.49. The molecular formula is C35H23Cl2N3O4. The van der Waals surface area contributed by atoms with E-state index in [0.29, 0.717) is 49.3 Å². The molecule has 2 N–H and O–H groups in total. The van der Waals surface area contributed by atoms with Gasteiger partial charge in [-0.1, -0.05) is 101 Å². The minimum Gasteiger partial charge on any atom is -0.355 e. The molecular weight excluding hydrogens is 597 g/mol. The lowest BCUT2D eigenvalue weighted by Crippen LogP contribution is -2.67. The number of hydrogen-bond donors (Lipinski definition) is 2. The van der Waals surface area contributed by atoms with Crippen LogP contribution in [0.25, 0.3) is 23.0 Å². The van der Waals surface area contributed by atoms with Crippen molar-refractivity contribution in [3.63, 3.8) is 0 Å². The van der Waals surface area contributed by atoms with Gasteiger partial charge in [-0.25, -0.2) is 4.79 Å². The Morgan fingerprint density at radius 3 is 1.77 bits per heavy atom. The number of amides is 4. The number of rotatable bonds is 4. The van der Waals surface area contributed by atoms with Crippen LogP contribution in [-0.4, -0.2) is 23.0 Å². The van der Waals surface area contributed by atoms with Gasteiger partial charge in [0.1, 0.15) is 5.69 Å². The summed E-state index contributed by atoms with van der Waals surface area (Å²) in [7, 11) is 0. The van der Waals surface area contributed by atoms with Gasteiger partial charge in [0.2, 0.25) is 11.8 Å². The first-order chi connectivity index (χ1) is 21.4. The fraction of sp³-hybridized carbons (Fsp3) is 0.0857. The third-order valence-corrected chi connectivity index (χ3v) is 8.79. The molecule has 2 atom stereocenters. The van der Waals surface area contributed by atoms with Gasteiger partial charge in [-0.3, -0.25) is 20.2 Å². The molecule has 2 heterocycles. The third-order valence-electron chi connectivity index (χ3n) is 8.28. The molecule has 1 aliphatic carbocycles. The molecule has 7 rings (SSSR count). The fourth-order valence-electron chi connectivity index (χ4n) is 6.48. The zero-order valence-corrected chi connectivity index (χ0v) is 24.5. The molecule has 44 heavy (non-hydrogen) atoms. The van der Waals surface area contributed by atoms with Gasteiger partial charge in [0, 0.05) is 33.0 Å². The number of carbonyl (C=O) groups is 3. The van der Waals surface area contributed by atoms with Gasteiger partial charge in [0.05, 0.1) is 0 Å².